The van der Waals surface area contributed by atoms with Gasteiger partial charge in [0.2, 0.25) is 0 Å². The Morgan fingerprint density at radius 3 is 2.77 bits per heavy atom. The lowest BCUT2D eigenvalue weighted by molar-refractivity contribution is 0.0912. The molecule has 0 bridgehead atoms. The van der Waals surface area contributed by atoms with E-state index in [2.05, 4.69) is 15.5 Å². The predicted octanol–water partition coefficient (Wildman–Crippen LogP) is 2.88. The molecule has 7 heteroatoms. The first kappa shape index (κ1) is 16.3. The van der Waals surface area contributed by atoms with Crippen molar-refractivity contribution in [1.29, 1.82) is 0 Å². The van der Waals surface area contributed by atoms with Crippen molar-refractivity contribution in [3.63, 3.8) is 0 Å². The molecular formula is C19H17FN4O2. The third-order valence-corrected chi connectivity index (χ3v) is 4.39. The third kappa shape index (κ3) is 3.28. The van der Waals surface area contributed by atoms with Crippen LogP contribution in [0, 0.1) is 5.82 Å². The highest BCUT2D eigenvalue weighted by Gasteiger charge is 2.26. The molecule has 2 aromatic heterocycles. The van der Waals surface area contributed by atoms with Crippen molar-refractivity contribution < 1.29 is 13.6 Å². The van der Waals surface area contributed by atoms with Gasteiger partial charge in [-0.15, -0.1) is 10.2 Å². The maximum atomic E-state index is 13.8. The van der Waals surface area contributed by atoms with Gasteiger partial charge in [-0.05, 0) is 42.8 Å². The summed E-state index contributed by atoms with van der Waals surface area (Å²) < 4.78 is 18.9. The Labute approximate surface area is 149 Å². The van der Waals surface area contributed by atoms with E-state index in [4.69, 9.17) is 4.42 Å². The summed E-state index contributed by atoms with van der Waals surface area (Å²) >= 11 is 0. The average Bonchev–Trinajstić information content (AvgIpc) is 3.34. The number of furan rings is 1. The van der Waals surface area contributed by atoms with E-state index in [0.29, 0.717) is 29.4 Å². The normalized spacial score (nSPS) is 16.7. The minimum atomic E-state index is -0.323. The van der Waals surface area contributed by atoms with E-state index in [1.165, 1.54) is 12.3 Å². The van der Waals surface area contributed by atoms with Gasteiger partial charge in [0.05, 0.1) is 12.0 Å². The predicted molar refractivity (Wildman–Crippen MR) is 94.2 cm³/mol. The van der Waals surface area contributed by atoms with Crippen molar-refractivity contribution in [3.05, 3.63) is 66.4 Å². The number of amides is 1. The van der Waals surface area contributed by atoms with Gasteiger partial charge < -0.3 is 14.6 Å². The fraction of sp³-hybridized carbons (Fsp3) is 0.211. The fourth-order valence-electron chi connectivity index (χ4n) is 3.06. The molecule has 0 unspecified atom stereocenters. The first-order chi connectivity index (χ1) is 12.7. The number of nitrogens with zero attached hydrogens (tertiary/aromatic N) is 3. The van der Waals surface area contributed by atoms with E-state index in [1.54, 1.807) is 36.4 Å². The molecule has 0 radical (unpaired) electrons. The molecule has 1 aromatic carbocycles. The van der Waals surface area contributed by atoms with Crippen LogP contribution in [-0.4, -0.2) is 35.2 Å². The highest BCUT2D eigenvalue weighted by atomic mass is 19.1. The van der Waals surface area contributed by atoms with Crippen molar-refractivity contribution in [2.45, 2.75) is 12.5 Å². The van der Waals surface area contributed by atoms with Crippen molar-refractivity contribution in [2.75, 3.05) is 18.0 Å². The van der Waals surface area contributed by atoms with Crippen molar-refractivity contribution in [2.24, 2.45) is 0 Å². The highest BCUT2D eigenvalue weighted by molar-refractivity contribution is 5.91. The molecule has 1 saturated heterocycles. The molecular weight excluding hydrogens is 335 g/mol. The second-order valence-electron chi connectivity index (χ2n) is 6.14. The molecule has 1 amide bonds. The van der Waals surface area contributed by atoms with Crippen LogP contribution in [0.2, 0.25) is 0 Å². The number of aromatic nitrogens is 2. The lowest BCUT2D eigenvalue weighted by Crippen LogP contribution is -2.37. The number of nitrogens with one attached hydrogen (secondary N) is 1. The van der Waals surface area contributed by atoms with E-state index < -0.39 is 0 Å². The molecule has 1 N–H and O–H groups in total. The molecule has 26 heavy (non-hydrogen) atoms. The lowest BCUT2D eigenvalue weighted by Gasteiger charge is -2.17. The Kier molecular flexibility index (Phi) is 4.35. The van der Waals surface area contributed by atoms with Gasteiger partial charge in [0.1, 0.15) is 5.82 Å². The Morgan fingerprint density at radius 2 is 2.04 bits per heavy atom. The quantitative estimate of drug-likeness (QED) is 0.782. The third-order valence-electron chi connectivity index (χ3n) is 4.39. The maximum Gasteiger partial charge on any atom is 0.287 e. The number of anilines is 1. The van der Waals surface area contributed by atoms with Gasteiger partial charge in [-0.1, -0.05) is 12.1 Å². The van der Waals surface area contributed by atoms with Crippen LogP contribution in [0.15, 0.2) is 59.2 Å². The van der Waals surface area contributed by atoms with Crippen LogP contribution in [0.4, 0.5) is 10.2 Å². The lowest BCUT2D eigenvalue weighted by atomic mass is 10.1. The molecule has 6 nitrogen and oxygen atoms in total. The van der Waals surface area contributed by atoms with Crippen molar-refractivity contribution >= 4 is 11.7 Å². The summed E-state index contributed by atoms with van der Waals surface area (Å²) in [5, 5.41) is 11.3. The van der Waals surface area contributed by atoms with Crippen LogP contribution in [0.25, 0.3) is 11.3 Å². The van der Waals surface area contributed by atoms with Gasteiger partial charge in [-0.25, -0.2) is 4.39 Å². The first-order valence-electron chi connectivity index (χ1n) is 8.38. The van der Waals surface area contributed by atoms with Gasteiger partial charge in [0.15, 0.2) is 11.6 Å². The SMILES string of the molecule is O=C(N[C@H]1CCN(c2ccc(-c3ccccc3F)nn2)C1)c1ccco1. The van der Waals surface area contributed by atoms with E-state index in [1.807, 2.05) is 11.0 Å². The zero-order chi connectivity index (χ0) is 17.9. The summed E-state index contributed by atoms with van der Waals surface area (Å²) in [5.74, 6) is 0.469. The molecule has 1 aliphatic heterocycles. The first-order valence-corrected chi connectivity index (χ1v) is 8.38. The van der Waals surface area contributed by atoms with Crippen LogP contribution in [0.1, 0.15) is 17.0 Å². The van der Waals surface area contributed by atoms with Crippen LogP contribution in [-0.2, 0) is 0 Å². The summed E-state index contributed by atoms with van der Waals surface area (Å²) in [6, 6.07) is 13.4. The second-order valence-corrected chi connectivity index (χ2v) is 6.14. The Balaban J connectivity index is 1.41. The van der Waals surface area contributed by atoms with Crippen molar-refractivity contribution in [1.82, 2.24) is 15.5 Å². The standard InChI is InChI=1S/C19H17FN4O2/c20-15-5-2-1-4-14(15)16-7-8-18(23-22-16)24-10-9-13(12-24)21-19(25)17-6-3-11-26-17/h1-8,11,13H,9-10,12H2,(H,21,25)/t13-/m0/s1. The summed E-state index contributed by atoms with van der Waals surface area (Å²) in [6.07, 6.45) is 2.28. The molecule has 1 fully saturated rings. The molecule has 0 aliphatic carbocycles. The van der Waals surface area contributed by atoms with Gasteiger partial charge in [-0.2, -0.15) is 0 Å². The Hall–Kier alpha value is -3.22. The average molecular weight is 352 g/mol. The summed E-state index contributed by atoms with van der Waals surface area (Å²) in [7, 11) is 0. The molecule has 1 atom stereocenters. The van der Waals surface area contributed by atoms with Crippen LogP contribution in [0.5, 0.6) is 0 Å². The van der Waals surface area contributed by atoms with Crippen LogP contribution >= 0.6 is 0 Å². The summed E-state index contributed by atoms with van der Waals surface area (Å²) in [5.41, 5.74) is 0.922. The van der Waals surface area contributed by atoms with E-state index in [0.717, 1.165) is 13.0 Å². The topological polar surface area (TPSA) is 71.3 Å². The smallest absolute Gasteiger partial charge is 0.287 e. The van der Waals surface area contributed by atoms with E-state index >= 15 is 0 Å². The fourth-order valence-corrected chi connectivity index (χ4v) is 3.06. The molecule has 3 aromatic rings. The highest BCUT2D eigenvalue weighted by Crippen LogP contribution is 2.23. The van der Waals surface area contributed by atoms with Crippen LogP contribution in [0.3, 0.4) is 0 Å². The zero-order valence-electron chi connectivity index (χ0n) is 13.9. The molecule has 132 valence electrons. The molecule has 0 spiro atoms. The van der Waals surface area contributed by atoms with Gasteiger partial charge in [0, 0.05) is 24.7 Å². The number of hydrogen-bond donors (Lipinski definition) is 1. The number of halogens is 1. The van der Waals surface area contributed by atoms with E-state index in [9.17, 15) is 9.18 Å². The summed E-state index contributed by atoms with van der Waals surface area (Å²) in [4.78, 5) is 14.1. The largest absolute Gasteiger partial charge is 0.459 e. The number of rotatable bonds is 4. The van der Waals surface area contributed by atoms with Gasteiger partial charge in [0.25, 0.3) is 5.91 Å². The second kappa shape index (κ2) is 6.95. The van der Waals surface area contributed by atoms with Gasteiger partial charge in [-0.3, -0.25) is 4.79 Å². The Bertz CT molecular complexity index is 896. The number of carbonyl (C=O) groups is 1. The Morgan fingerprint density at radius 1 is 1.15 bits per heavy atom. The zero-order valence-corrected chi connectivity index (χ0v) is 13.9. The van der Waals surface area contributed by atoms with E-state index in [-0.39, 0.29) is 17.8 Å². The minimum absolute atomic E-state index is 0.0145. The van der Waals surface area contributed by atoms with Crippen LogP contribution < -0.4 is 10.2 Å². The number of hydrogen-bond acceptors (Lipinski definition) is 5. The van der Waals surface area contributed by atoms with Crippen molar-refractivity contribution in [3.8, 4) is 11.3 Å². The number of benzene rings is 1. The minimum Gasteiger partial charge on any atom is -0.459 e. The molecule has 0 saturated carbocycles. The van der Waals surface area contributed by atoms with Gasteiger partial charge >= 0.3 is 0 Å². The summed E-state index contributed by atoms with van der Waals surface area (Å²) in [6.45, 7) is 1.40. The number of carbonyl (C=O) groups excluding carboxylic acids is 1. The molecule has 4 rings (SSSR count). The molecule has 1 aliphatic rings. The molecule has 3 heterocycles. The monoisotopic (exact) mass is 352 g/mol. The maximum absolute atomic E-state index is 13.8.